The summed E-state index contributed by atoms with van der Waals surface area (Å²) in [7, 11) is 0. The molecule has 0 unspecified atom stereocenters. The molecule has 1 aromatic heterocycles. The van der Waals surface area contributed by atoms with E-state index < -0.39 is 16.1 Å². The van der Waals surface area contributed by atoms with E-state index in [2.05, 4.69) is 20.8 Å². The fourth-order valence-electron chi connectivity index (χ4n) is 3.09. The van der Waals surface area contributed by atoms with Crippen LogP contribution in [0.4, 0.5) is 11.4 Å². The summed E-state index contributed by atoms with van der Waals surface area (Å²) in [5, 5.41) is 25.7. The number of thioether (sulfide) groups is 1. The largest absolute Gasteiger partial charge is 0.319 e. The van der Waals surface area contributed by atoms with Gasteiger partial charge in [0.05, 0.1) is 10.6 Å². The molecule has 9 nitrogen and oxygen atoms in total. The van der Waals surface area contributed by atoms with E-state index in [1.54, 1.807) is 17.7 Å². The van der Waals surface area contributed by atoms with Gasteiger partial charge >= 0.3 is 0 Å². The number of nitrogens with zero attached hydrogens (tertiary/aromatic N) is 5. The van der Waals surface area contributed by atoms with Gasteiger partial charge in [-0.25, -0.2) is 0 Å². The van der Waals surface area contributed by atoms with Gasteiger partial charge in [0.1, 0.15) is 10.9 Å². The fourth-order valence-corrected chi connectivity index (χ4v) is 4.08. The van der Waals surface area contributed by atoms with Crippen LogP contribution in [0.15, 0.2) is 84.0 Å². The Hall–Kier alpha value is -4.05. The first-order valence-electron chi connectivity index (χ1n) is 9.64. The minimum atomic E-state index is -0.745. The van der Waals surface area contributed by atoms with Crippen LogP contribution in [-0.2, 0) is 4.79 Å². The molecular weight excluding hydrogens is 428 g/mol. The zero-order chi connectivity index (χ0) is 22.5. The highest BCUT2D eigenvalue weighted by molar-refractivity contribution is 8.00. The minimum Gasteiger partial charge on any atom is -0.319 e. The van der Waals surface area contributed by atoms with Crippen molar-refractivity contribution in [3.8, 4) is 5.69 Å². The number of tetrazole rings is 1. The molecule has 1 amide bonds. The maximum atomic E-state index is 13.3. The van der Waals surface area contributed by atoms with Gasteiger partial charge in [-0.3, -0.25) is 14.9 Å². The summed E-state index contributed by atoms with van der Waals surface area (Å²) in [6.07, 6.45) is 0. The molecule has 10 heteroatoms. The summed E-state index contributed by atoms with van der Waals surface area (Å²) in [5.41, 5.74) is 2.17. The summed E-state index contributed by atoms with van der Waals surface area (Å²) in [6, 6.07) is 23.1. The number of rotatable bonds is 7. The first kappa shape index (κ1) is 21.2. The van der Waals surface area contributed by atoms with Gasteiger partial charge in [0.15, 0.2) is 0 Å². The van der Waals surface area contributed by atoms with Crippen molar-refractivity contribution in [3.05, 3.63) is 100 Å². The number of carbonyl (C=O) groups is 1. The predicted molar refractivity (Wildman–Crippen MR) is 121 cm³/mol. The van der Waals surface area contributed by atoms with Crippen molar-refractivity contribution in [3.63, 3.8) is 0 Å². The van der Waals surface area contributed by atoms with Crippen LogP contribution < -0.4 is 5.32 Å². The Labute approximate surface area is 187 Å². The van der Waals surface area contributed by atoms with Crippen molar-refractivity contribution in [2.24, 2.45) is 0 Å². The molecule has 0 radical (unpaired) electrons. The predicted octanol–water partition coefficient (Wildman–Crippen LogP) is 4.35. The van der Waals surface area contributed by atoms with Gasteiger partial charge in [0.2, 0.25) is 11.1 Å². The van der Waals surface area contributed by atoms with Crippen molar-refractivity contribution in [2.45, 2.75) is 17.3 Å². The Balaban J connectivity index is 1.67. The number of carbonyl (C=O) groups excluding carboxylic acids is 1. The minimum absolute atomic E-state index is 0.134. The molecule has 1 heterocycles. The van der Waals surface area contributed by atoms with E-state index in [0.29, 0.717) is 10.7 Å². The lowest BCUT2D eigenvalue weighted by atomic mass is 10.1. The van der Waals surface area contributed by atoms with Crippen LogP contribution in [0.1, 0.15) is 16.4 Å². The second kappa shape index (κ2) is 9.40. The van der Waals surface area contributed by atoms with Crippen molar-refractivity contribution >= 4 is 29.0 Å². The third kappa shape index (κ3) is 4.65. The molecule has 1 atom stereocenters. The average Bonchev–Trinajstić information content (AvgIpc) is 3.28. The van der Waals surface area contributed by atoms with E-state index in [9.17, 15) is 14.9 Å². The fraction of sp³-hybridized carbons (Fsp3) is 0.0909. The number of hydrogen-bond donors (Lipinski definition) is 1. The van der Waals surface area contributed by atoms with Crippen LogP contribution in [-0.4, -0.2) is 31.0 Å². The smallest absolute Gasteiger partial charge is 0.293 e. The highest BCUT2D eigenvalue weighted by atomic mass is 32.2. The highest BCUT2D eigenvalue weighted by Gasteiger charge is 2.27. The molecule has 0 spiro atoms. The van der Waals surface area contributed by atoms with E-state index in [0.717, 1.165) is 23.0 Å². The van der Waals surface area contributed by atoms with Crippen LogP contribution in [0.25, 0.3) is 5.69 Å². The molecule has 0 aliphatic rings. The number of benzene rings is 3. The molecule has 0 saturated carbocycles. The summed E-state index contributed by atoms with van der Waals surface area (Å²) in [5.74, 6) is -0.421. The standard InChI is InChI=1S/C22H18N6O3S/c1-15-12-13-18(19(14-15)28(30)31)23-21(29)20(16-8-4-2-5-9-16)32-22-24-25-26-27(22)17-10-6-3-7-11-17/h2-14,20H,1H3,(H,23,29)/t20-/m1/s1. The van der Waals surface area contributed by atoms with Gasteiger partial charge in [-0.15, -0.1) is 5.10 Å². The van der Waals surface area contributed by atoms with Crippen LogP contribution in [0, 0.1) is 17.0 Å². The first-order valence-corrected chi connectivity index (χ1v) is 10.5. The summed E-state index contributed by atoms with van der Waals surface area (Å²) < 4.78 is 1.54. The maximum Gasteiger partial charge on any atom is 0.293 e. The van der Waals surface area contributed by atoms with E-state index in [-0.39, 0.29) is 11.4 Å². The molecule has 4 aromatic rings. The molecule has 160 valence electrons. The van der Waals surface area contributed by atoms with Gasteiger partial charge in [-0.2, -0.15) is 4.68 Å². The number of nitro groups is 1. The van der Waals surface area contributed by atoms with Gasteiger partial charge < -0.3 is 5.32 Å². The number of nitro benzene ring substituents is 1. The van der Waals surface area contributed by atoms with E-state index in [1.165, 1.54) is 12.1 Å². The number of aryl methyl sites for hydroxylation is 1. The second-order valence-corrected chi connectivity index (χ2v) is 7.96. The summed E-state index contributed by atoms with van der Waals surface area (Å²) >= 11 is 1.16. The number of para-hydroxylation sites is 1. The number of anilines is 1. The Kier molecular flexibility index (Phi) is 6.22. The Morgan fingerprint density at radius 3 is 2.44 bits per heavy atom. The Morgan fingerprint density at radius 1 is 1.06 bits per heavy atom. The molecule has 3 aromatic carbocycles. The number of aromatic nitrogens is 4. The SMILES string of the molecule is Cc1ccc(NC(=O)[C@H](Sc2nnnn2-c2ccccc2)c2ccccc2)c([N+](=O)[O-])c1. The topological polar surface area (TPSA) is 116 Å². The maximum absolute atomic E-state index is 13.3. The lowest BCUT2D eigenvalue weighted by Crippen LogP contribution is -2.20. The molecule has 0 fully saturated rings. The van der Waals surface area contributed by atoms with Crippen molar-refractivity contribution in [2.75, 3.05) is 5.32 Å². The van der Waals surface area contributed by atoms with Crippen LogP contribution in [0.3, 0.4) is 0 Å². The van der Waals surface area contributed by atoms with E-state index >= 15 is 0 Å². The zero-order valence-electron chi connectivity index (χ0n) is 17.0. The third-order valence-corrected chi connectivity index (χ3v) is 5.80. The lowest BCUT2D eigenvalue weighted by Gasteiger charge is -2.16. The average molecular weight is 446 g/mol. The number of amides is 1. The molecule has 32 heavy (non-hydrogen) atoms. The Morgan fingerprint density at radius 2 is 1.75 bits per heavy atom. The van der Waals surface area contributed by atoms with Gasteiger partial charge in [-0.1, -0.05) is 66.4 Å². The quantitative estimate of drug-likeness (QED) is 0.255. The van der Waals surface area contributed by atoms with Crippen LogP contribution in [0.5, 0.6) is 0 Å². The summed E-state index contributed by atoms with van der Waals surface area (Å²) in [4.78, 5) is 24.3. The van der Waals surface area contributed by atoms with Gasteiger partial charge in [-0.05, 0) is 46.7 Å². The molecule has 0 bridgehead atoms. The molecule has 1 N–H and O–H groups in total. The first-order chi connectivity index (χ1) is 15.5. The van der Waals surface area contributed by atoms with Crippen molar-refractivity contribution < 1.29 is 9.72 Å². The van der Waals surface area contributed by atoms with Crippen molar-refractivity contribution in [1.29, 1.82) is 0 Å². The van der Waals surface area contributed by atoms with E-state index in [4.69, 9.17) is 0 Å². The highest BCUT2D eigenvalue weighted by Crippen LogP contribution is 2.36. The zero-order valence-corrected chi connectivity index (χ0v) is 17.8. The normalized spacial score (nSPS) is 11.7. The van der Waals surface area contributed by atoms with Crippen LogP contribution >= 0.6 is 11.8 Å². The van der Waals surface area contributed by atoms with Gasteiger partial charge in [0, 0.05) is 6.07 Å². The monoisotopic (exact) mass is 446 g/mol. The summed E-state index contributed by atoms with van der Waals surface area (Å²) in [6.45, 7) is 1.75. The molecule has 0 aliphatic carbocycles. The third-order valence-electron chi connectivity index (χ3n) is 4.61. The lowest BCUT2D eigenvalue weighted by molar-refractivity contribution is -0.384. The molecule has 0 saturated heterocycles. The van der Waals surface area contributed by atoms with Gasteiger partial charge in [0.25, 0.3) is 5.69 Å². The Bertz CT molecular complexity index is 1250. The molecule has 4 rings (SSSR count). The van der Waals surface area contributed by atoms with Crippen molar-refractivity contribution in [1.82, 2.24) is 20.2 Å². The number of nitrogens with one attached hydrogen (secondary N) is 1. The van der Waals surface area contributed by atoms with Crippen LogP contribution in [0.2, 0.25) is 0 Å². The number of hydrogen-bond acceptors (Lipinski definition) is 7. The van der Waals surface area contributed by atoms with E-state index in [1.807, 2.05) is 60.7 Å². The molecule has 0 aliphatic heterocycles. The molecular formula is C22H18N6O3S. The second-order valence-electron chi connectivity index (χ2n) is 6.88.